The summed E-state index contributed by atoms with van der Waals surface area (Å²) >= 11 is 11.9. The summed E-state index contributed by atoms with van der Waals surface area (Å²) in [4.78, 5) is 17.0. The maximum absolute atomic E-state index is 12.1. The number of nitrogens with one attached hydrogen (secondary N) is 2. The molecule has 0 aliphatic rings. The Hall–Kier alpha value is -2.41. The van der Waals surface area contributed by atoms with Crippen LogP contribution in [0.1, 0.15) is 12.0 Å². The van der Waals surface area contributed by atoms with Crippen LogP contribution in [0.2, 0.25) is 5.02 Å². The average molecular weight is 416 g/mol. The third-order valence-corrected chi connectivity index (χ3v) is 5.07. The summed E-state index contributed by atoms with van der Waals surface area (Å²) in [6.45, 7) is 1.82. The maximum Gasteiger partial charge on any atom is 0.248 e. The smallest absolute Gasteiger partial charge is 0.248 e. The van der Waals surface area contributed by atoms with Crippen molar-refractivity contribution >= 4 is 45.5 Å². The topological polar surface area (TPSA) is 57.4 Å². The first-order valence-electron chi connectivity index (χ1n) is 8.99. The number of fused-ring (bicyclic) bond motifs is 1. The number of ether oxygens (including phenoxy) is 1. The summed E-state index contributed by atoms with van der Waals surface area (Å²) in [7, 11) is 1.68. The molecule has 3 rings (SSSR count). The fraction of sp³-hybridized carbons (Fsp3) is 0.238. The van der Waals surface area contributed by atoms with Crippen LogP contribution < -0.4 is 10.9 Å². The van der Waals surface area contributed by atoms with E-state index >= 15 is 0 Å². The minimum Gasteiger partial charge on any atom is -0.385 e. The number of para-hydroxylation sites is 2. The molecule has 1 aromatic heterocycles. The highest BCUT2D eigenvalue weighted by molar-refractivity contribution is 7.80. The monoisotopic (exact) mass is 415 g/mol. The number of hydrogen-bond acceptors (Lipinski definition) is 3. The van der Waals surface area contributed by atoms with E-state index in [1.165, 1.54) is 0 Å². The zero-order valence-electron chi connectivity index (χ0n) is 15.6. The Kier molecular flexibility index (Phi) is 7.03. The molecule has 0 unspecified atom stereocenters. The van der Waals surface area contributed by atoms with Gasteiger partial charge in [-0.1, -0.05) is 41.9 Å². The van der Waals surface area contributed by atoms with Crippen LogP contribution in [0.25, 0.3) is 10.9 Å². The highest BCUT2D eigenvalue weighted by Gasteiger charge is 2.14. The molecule has 0 radical (unpaired) electrons. The molecule has 0 fully saturated rings. The lowest BCUT2D eigenvalue weighted by atomic mass is 10.1. The molecule has 0 bridgehead atoms. The van der Waals surface area contributed by atoms with Gasteiger partial charge in [-0.25, -0.2) is 0 Å². The Labute approximate surface area is 174 Å². The van der Waals surface area contributed by atoms with Gasteiger partial charge in [0.15, 0.2) is 5.11 Å². The highest BCUT2D eigenvalue weighted by Crippen LogP contribution is 2.22. The van der Waals surface area contributed by atoms with Crippen molar-refractivity contribution in [3.8, 4) is 0 Å². The van der Waals surface area contributed by atoms with Crippen LogP contribution in [0.3, 0.4) is 0 Å². The molecule has 2 aromatic carbocycles. The predicted octanol–water partition coefficient (Wildman–Crippen LogP) is 4.42. The molecule has 5 nitrogen and oxygen atoms in total. The van der Waals surface area contributed by atoms with Crippen molar-refractivity contribution in [2.24, 2.45) is 0 Å². The largest absolute Gasteiger partial charge is 0.385 e. The lowest BCUT2D eigenvalue weighted by Gasteiger charge is -2.26. The molecule has 3 aromatic rings. The van der Waals surface area contributed by atoms with Crippen molar-refractivity contribution in [1.82, 2.24) is 9.88 Å². The van der Waals surface area contributed by atoms with Gasteiger partial charge in [0.25, 0.3) is 0 Å². The van der Waals surface area contributed by atoms with E-state index in [0.29, 0.717) is 29.8 Å². The van der Waals surface area contributed by atoms with Crippen LogP contribution in [0.5, 0.6) is 0 Å². The molecule has 0 aliphatic heterocycles. The van der Waals surface area contributed by atoms with Crippen molar-refractivity contribution in [3.05, 3.63) is 75.5 Å². The van der Waals surface area contributed by atoms with Gasteiger partial charge in [0.1, 0.15) is 0 Å². The lowest BCUT2D eigenvalue weighted by molar-refractivity contribution is 0.185. The molecular formula is C21H22ClN3O2S. The molecule has 2 N–H and O–H groups in total. The van der Waals surface area contributed by atoms with Gasteiger partial charge in [-0.05, 0) is 42.4 Å². The lowest BCUT2D eigenvalue weighted by Crippen LogP contribution is -2.36. The van der Waals surface area contributed by atoms with Gasteiger partial charge in [0.2, 0.25) is 5.56 Å². The summed E-state index contributed by atoms with van der Waals surface area (Å²) in [6, 6.07) is 16.8. The maximum atomic E-state index is 12.1. The standard InChI is InChI=1S/C21H22ClN3O2S/c1-27-12-6-11-25(21(28)24-19-10-5-3-8-17(19)22)14-15-13-20(26)23-18-9-4-2-7-16(15)18/h2-5,7-10,13H,6,11-12,14H2,1H3,(H,23,26)(H,24,28). The minimum atomic E-state index is -0.129. The van der Waals surface area contributed by atoms with E-state index in [-0.39, 0.29) is 5.56 Å². The summed E-state index contributed by atoms with van der Waals surface area (Å²) < 4.78 is 5.18. The van der Waals surface area contributed by atoms with Crippen molar-refractivity contribution in [3.63, 3.8) is 0 Å². The minimum absolute atomic E-state index is 0.129. The van der Waals surface area contributed by atoms with Gasteiger partial charge < -0.3 is 19.9 Å². The Morgan fingerprint density at radius 2 is 1.96 bits per heavy atom. The van der Waals surface area contributed by atoms with E-state index in [1.54, 1.807) is 13.2 Å². The van der Waals surface area contributed by atoms with Crippen LogP contribution in [-0.4, -0.2) is 35.3 Å². The quantitative estimate of drug-likeness (QED) is 0.442. The third-order valence-electron chi connectivity index (χ3n) is 4.38. The molecule has 0 saturated heterocycles. The SMILES string of the molecule is COCCCN(Cc1cc(=O)[nH]c2ccccc12)C(=S)Nc1ccccc1Cl. The van der Waals surface area contributed by atoms with Gasteiger partial charge in [0, 0.05) is 43.8 Å². The molecule has 1 heterocycles. The highest BCUT2D eigenvalue weighted by atomic mass is 35.5. The second-order valence-electron chi connectivity index (χ2n) is 6.38. The Morgan fingerprint density at radius 3 is 2.75 bits per heavy atom. The summed E-state index contributed by atoms with van der Waals surface area (Å²) in [5.41, 5.74) is 2.35. The van der Waals surface area contributed by atoms with Crippen LogP contribution in [-0.2, 0) is 11.3 Å². The van der Waals surface area contributed by atoms with Crippen LogP contribution in [0, 0.1) is 0 Å². The fourth-order valence-corrected chi connectivity index (χ4v) is 3.47. The number of anilines is 1. The molecule has 0 spiro atoms. The molecule has 0 amide bonds. The Morgan fingerprint density at radius 1 is 1.21 bits per heavy atom. The van der Waals surface area contributed by atoms with Gasteiger partial charge in [-0.15, -0.1) is 0 Å². The number of thiocarbonyl (C=S) groups is 1. The number of halogens is 1. The van der Waals surface area contributed by atoms with Crippen molar-refractivity contribution in [2.75, 3.05) is 25.6 Å². The van der Waals surface area contributed by atoms with E-state index in [4.69, 9.17) is 28.6 Å². The number of aromatic nitrogens is 1. The molecule has 146 valence electrons. The molecule has 0 atom stereocenters. The number of benzene rings is 2. The first kappa shape index (κ1) is 20.3. The molecule has 28 heavy (non-hydrogen) atoms. The van der Waals surface area contributed by atoms with Crippen molar-refractivity contribution in [2.45, 2.75) is 13.0 Å². The van der Waals surface area contributed by atoms with Crippen LogP contribution in [0.4, 0.5) is 5.69 Å². The van der Waals surface area contributed by atoms with Crippen LogP contribution >= 0.6 is 23.8 Å². The van der Waals surface area contributed by atoms with Crippen LogP contribution in [0.15, 0.2) is 59.4 Å². The number of H-pyrrole nitrogens is 1. The fourth-order valence-electron chi connectivity index (χ4n) is 3.02. The second-order valence-corrected chi connectivity index (χ2v) is 7.18. The molecular weight excluding hydrogens is 394 g/mol. The Bertz CT molecular complexity index is 1020. The zero-order chi connectivity index (χ0) is 19.9. The second kappa shape index (κ2) is 9.68. The molecule has 0 aliphatic carbocycles. The third kappa shape index (κ3) is 5.10. The van der Waals surface area contributed by atoms with E-state index < -0.39 is 0 Å². The number of methoxy groups -OCH3 is 1. The number of hydrogen-bond donors (Lipinski definition) is 2. The number of rotatable bonds is 7. The zero-order valence-corrected chi connectivity index (χ0v) is 17.1. The van der Waals surface area contributed by atoms with Crippen molar-refractivity contribution in [1.29, 1.82) is 0 Å². The van der Waals surface area contributed by atoms with E-state index in [9.17, 15) is 4.79 Å². The average Bonchev–Trinajstić information content (AvgIpc) is 2.69. The van der Waals surface area contributed by atoms with Gasteiger partial charge in [-0.2, -0.15) is 0 Å². The van der Waals surface area contributed by atoms with Gasteiger partial charge in [-0.3, -0.25) is 4.79 Å². The number of nitrogens with zero attached hydrogens (tertiary/aromatic N) is 1. The summed E-state index contributed by atoms with van der Waals surface area (Å²) in [5.74, 6) is 0. The van der Waals surface area contributed by atoms with Gasteiger partial charge >= 0.3 is 0 Å². The number of aromatic amines is 1. The normalized spacial score (nSPS) is 10.8. The van der Waals surface area contributed by atoms with E-state index in [2.05, 4.69) is 10.3 Å². The summed E-state index contributed by atoms with van der Waals surface area (Å²) in [6.07, 6.45) is 0.808. The van der Waals surface area contributed by atoms with Gasteiger partial charge in [0.05, 0.1) is 10.7 Å². The predicted molar refractivity (Wildman–Crippen MR) is 119 cm³/mol. The number of pyridine rings is 1. The van der Waals surface area contributed by atoms with E-state index in [1.807, 2.05) is 53.4 Å². The first-order chi connectivity index (χ1) is 13.6. The first-order valence-corrected chi connectivity index (χ1v) is 9.77. The Balaban J connectivity index is 1.87. The summed E-state index contributed by atoms with van der Waals surface area (Å²) in [5, 5.41) is 5.37. The van der Waals surface area contributed by atoms with E-state index in [0.717, 1.165) is 28.6 Å². The van der Waals surface area contributed by atoms with Crippen molar-refractivity contribution < 1.29 is 4.74 Å². The molecule has 0 saturated carbocycles. The molecule has 7 heteroatoms.